The number of amides is 1. The van der Waals surface area contributed by atoms with Crippen LogP contribution in [0.5, 0.6) is 11.5 Å². The summed E-state index contributed by atoms with van der Waals surface area (Å²) in [6, 6.07) is 26.0. The lowest BCUT2D eigenvalue weighted by atomic mass is 10.1. The first-order chi connectivity index (χ1) is 16.1. The predicted octanol–water partition coefficient (Wildman–Crippen LogP) is 4.76. The Kier molecular flexibility index (Phi) is 8.22. The number of hydrogen-bond acceptors (Lipinski definition) is 5. The molecule has 0 aliphatic rings. The second kappa shape index (κ2) is 11.7. The van der Waals surface area contributed by atoms with E-state index in [9.17, 15) is 15.3 Å². The number of rotatable bonds is 9. The molecule has 0 saturated carbocycles. The maximum Gasteiger partial charge on any atom is 0.262 e. The standard InChI is InChI=1S/C27H23N3O3/c1-2-32-26-15-21(12-13-25(26)33-19-23-11-7-6-10-22(23)16-28)14-24(17-29)27(31)30-18-20-8-4-3-5-9-20/h3-15H,2,18-19H2,1H3,(H,30,31)/b24-14-. The number of nitriles is 2. The smallest absolute Gasteiger partial charge is 0.262 e. The molecule has 6 heteroatoms. The number of nitrogens with zero attached hydrogens (tertiary/aromatic N) is 2. The summed E-state index contributed by atoms with van der Waals surface area (Å²) < 4.78 is 11.6. The van der Waals surface area contributed by atoms with Crippen LogP contribution in [0.1, 0.15) is 29.2 Å². The van der Waals surface area contributed by atoms with E-state index in [2.05, 4.69) is 11.4 Å². The molecule has 0 heterocycles. The maximum atomic E-state index is 12.5. The summed E-state index contributed by atoms with van der Waals surface area (Å²) in [5.41, 5.74) is 2.89. The van der Waals surface area contributed by atoms with Gasteiger partial charge in [0, 0.05) is 12.1 Å². The zero-order chi connectivity index (χ0) is 23.5. The van der Waals surface area contributed by atoms with Crippen molar-refractivity contribution in [3.8, 4) is 23.6 Å². The van der Waals surface area contributed by atoms with Crippen molar-refractivity contribution in [2.75, 3.05) is 6.61 Å². The minimum atomic E-state index is -0.451. The lowest BCUT2D eigenvalue weighted by Gasteiger charge is -2.13. The van der Waals surface area contributed by atoms with E-state index >= 15 is 0 Å². The SMILES string of the molecule is CCOc1cc(/C=C(/C#N)C(=O)NCc2ccccc2)ccc1OCc1ccccc1C#N. The van der Waals surface area contributed by atoms with Crippen molar-refractivity contribution < 1.29 is 14.3 Å². The first kappa shape index (κ1) is 23.1. The Balaban J connectivity index is 1.75. The Hall–Kier alpha value is -4.55. The molecule has 3 rings (SSSR count). The van der Waals surface area contributed by atoms with Gasteiger partial charge in [-0.2, -0.15) is 10.5 Å². The van der Waals surface area contributed by atoms with Gasteiger partial charge < -0.3 is 14.8 Å². The van der Waals surface area contributed by atoms with Crippen LogP contribution in [0.25, 0.3) is 6.08 Å². The van der Waals surface area contributed by atoms with Crippen molar-refractivity contribution in [3.63, 3.8) is 0 Å². The Morgan fingerprint density at radius 3 is 2.45 bits per heavy atom. The van der Waals surface area contributed by atoms with E-state index in [0.29, 0.717) is 35.8 Å². The van der Waals surface area contributed by atoms with Gasteiger partial charge in [0.05, 0.1) is 18.2 Å². The highest BCUT2D eigenvalue weighted by Crippen LogP contribution is 2.30. The van der Waals surface area contributed by atoms with Crippen molar-refractivity contribution in [2.45, 2.75) is 20.1 Å². The van der Waals surface area contributed by atoms with Gasteiger partial charge in [0.15, 0.2) is 11.5 Å². The van der Waals surface area contributed by atoms with Gasteiger partial charge in [0.1, 0.15) is 18.2 Å². The Bertz CT molecular complexity index is 1220. The van der Waals surface area contributed by atoms with Crippen LogP contribution in [0.3, 0.4) is 0 Å². The molecule has 3 aromatic rings. The third-order valence-electron chi connectivity index (χ3n) is 4.76. The van der Waals surface area contributed by atoms with E-state index in [-0.39, 0.29) is 12.2 Å². The first-order valence-electron chi connectivity index (χ1n) is 10.5. The summed E-state index contributed by atoms with van der Waals surface area (Å²) in [6.07, 6.45) is 1.51. The summed E-state index contributed by atoms with van der Waals surface area (Å²) in [7, 11) is 0. The minimum absolute atomic E-state index is 0.00926. The van der Waals surface area contributed by atoms with Crippen LogP contribution in [-0.2, 0) is 17.9 Å². The molecule has 0 fully saturated rings. The molecule has 0 saturated heterocycles. The number of ether oxygens (including phenoxy) is 2. The number of hydrogen-bond donors (Lipinski definition) is 1. The third-order valence-corrected chi connectivity index (χ3v) is 4.76. The third kappa shape index (κ3) is 6.46. The molecule has 164 valence electrons. The van der Waals surface area contributed by atoms with Crippen LogP contribution in [0, 0.1) is 22.7 Å². The van der Waals surface area contributed by atoms with Gasteiger partial charge in [-0.3, -0.25) is 4.79 Å². The van der Waals surface area contributed by atoms with E-state index in [0.717, 1.165) is 11.1 Å². The average Bonchev–Trinajstić information content (AvgIpc) is 2.86. The van der Waals surface area contributed by atoms with Crippen LogP contribution >= 0.6 is 0 Å². The molecule has 0 aliphatic carbocycles. The molecule has 0 aliphatic heterocycles. The molecular formula is C27H23N3O3. The summed E-state index contributed by atoms with van der Waals surface area (Å²) in [5.74, 6) is 0.546. The Morgan fingerprint density at radius 1 is 0.970 bits per heavy atom. The molecule has 0 atom stereocenters. The van der Waals surface area contributed by atoms with Crippen molar-refractivity contribution in [1.29, 1.82) is 10.5 Å². The molecular weight excluding hydrogens is 414 g/mol. The van der Waals surface area contributed by atoms with Crippen LogP contribution < -0.4 is 14.8 Å². The van der Waals surface area contributed by atoms with E-state index < -0.39 is 5.91 Å². The van der Waals surface area contributed by atoms with Gasteiger partial charge in [-0.05, 0) is 42.3 Å². The quantitative estimate of drug-likeness (QED) is 0.385. The number of carbonyl (C=O) groups is 1. The molecule has 0 unspecified atom stereocenters. The summed E-state index contributed by atoms with van der Waals surface area (Å²) >= 11 is 0. The molecule has 0 aromatic heterocycles. The normalized spacial score (nSPS) is 10.6. The van der Waals surface area contributed by atoms with Gasteiger partial charge in [-0.25, -0.2) is 0 Å². The van der Waals surface area contributed by atoms with E-state index in [1.165, 1.54) is 6.08 Å². The second-order valence-electron chi connectivity index (χ2n) is 7.03. The lowest BCUT2D eigenvalue weighted by Crippen LogP contribution is -2.23. The predicted molar refractivity (Wildman–Crippen MR) is 125 cm³/mol. The van der Waals surface area contributed by atoms with Crippen LogP contribution in [0.4, 0.5) is 0 Å². The lowest BCUT2D eigenvalue weighted by molar-refractivity contribution is -0.117. The molecule has 0 bridgehead atoms. The molecule has 3 aromatic carbocycles. The Morgan fingerprint density at radius 2 is 1.73 bits per heavy atom. The number of carbonyl (C=O) groups excluding carboxylic acids is 1. The van der Waals surface area contributed by atoms with Crippen LogP contribution in [-0.4, -0.2) is 12.5 Å². The average molecular weight is 437 g/mol. The van der Waals surface area contributed by atoms with Gasteiger partial charge in [-0.1, -0.05) is 54.6 Å². The highest BCUT2D eigenvalue weighted by atomic mass is 16.5. The molecule has 1 N–H and O–H groups in total. The number of benzene rings is 3. The van der Waals surface area contributed by atoms with Gasteiger partial charge in [0.25, 0.3) is 5.91 Å². The summed E-state index contributed by atoms with van der Waals surface area (Å²) in [5, 5.41) is 21.5. The monoisotopic (exact) mass is 437 g/mol. The molecule has 1 amide bonds. The first-order valence-corrected chi connectivity index (χ1v) is 10.5. The van der Waals surface area contributed by atoms with Crippen molar-refractivity contribution in [1.82, 2.24) is 5.32 Å². The molecule has 6 nitrogen and oxygen atoms in total. The number of nitrogens with one attached hydrogen (secondary N) is 1. The van der Waals surface area contributed by atoms with Crippen LogP contribution in [0.15, 0.2) is 78.4 Å². The Labute approximate surface area is 193 Å². The van der Waals surface area contributed by atoms with E-state index in [4.69, 9.17) is 9.47 Å². The van der Waals surface area contributed by atoms with Gasteiger partial charge in [0.2, 0.25) is 0 Å². The summed E-state index contributed by atoms with van der Waals surface area (Å²) in [6.45, 7) is 2.82. The molecule has 33 heavy (non-hydrogen) atoms. The second-order valence-corrected chi connectivity index (χ2v) is 7.03. The molecule has 0 radical (unpaired) electrons. The van der Waals surface area contributed by atoms with Gasteiger partial charge >= 0.3 is 0 Å². The zero-order valence-corrected chi connectivity index (χ0v) is 18.2. The van der Waals surface area contributed by atoms with E-state index in [1.807, 2.05) is 55.5 Å². The van der Waals surface area contributed by atoms with Crippen LogP contribution in [0.2, 0.25) is 0 Å². The fraction of sp³-hybridized carbons (Fsp3) is 0.148. The van der Waals surface area contributed by atoms with Gasteiger partial charge in [-0.15, -0.1) is 0 Å². The fourth-order valence-corrected chi connectivity index (χ4v) is 3.10. The largest absolute Gasteiger partial charge is 0.490 e. The summed E-state index contributed by atoms with van der Waals surface area (Å²) in [4.78, 5) is 12.5. The zero-order valence-electron chi connectivity index (χ0n) is 18.2. The highest BCUT2D eigenvalue weighted by molar-refractivity contribution is 6.01. The maximum absolute atomic E-state index is 12.5. The van der Waals surface area contributed by atoms with Crippen molar-refractivity contribution in [2.24, 2.45) is 0 Å². The van der Waals surface area contributed by atoms with Crippen molar-refractivity contribution in [3.05, 3.63) is 101 Å². The highest BCUT2D eigenvalue weighted by Gasteiger charge is 2.12. The van der Waals surface area contributed by atoms with Crippen molar-refractivity contribution >= 4 is 12.0 Å². The van der Waals surface area contributed by atoms with E-state index in [1.54, 1.807) is 30.3 Å². The minimum Gasteiger partial charge on any atom is -0.490 e. The topological polar surface area (TPSA) is 95.1 Å². The fourth-order valence-electron chi connectivity index (χ4n) is 3.10. The molecule has 0 spiro atoms.